The fourth-order valence-electron chi connectivity index (χ4n) is 2.84. The molecular weight excluding hydrogens is 250 g/mol. The van der Waals surface area contributed by atoms with E-state index in [1.165, 1.54) is 25.9 Å². The van der Waals surface area contributed by atoms with Crippen LogP contribution in [-0.2, 0) is 6.54 Å². The van der Waals surface area contributed by atoms with Gasteiger partial charge in [-0.1, -0.05) is 0 Å². The number of piperidine rings is 1. The van der Waals surface area contributed by atoms with Gasteiger partial charge in [0.25, 0.3) is 0 Å². The van der Waals surface area contributed by atoms with Crippen molar-refractivity contribution >= 4 is 0 Å². The minimum Gasteiger partial charge on any atom is -0.496 e. The lowest BCUT2D eigenvalue weighted by atomic mass is 9.98. The van der Waals surface area contributed by atoms with E-state index < -0.39 is 0 Å². The summed E-state index contributed by atoms with van der Waals surface area (Å²) < 4.78 is 5.35. The fraction of sp³-hybridized carbons (Fsp3) is 0.562. The van der Waals surface area contributed by atoms with E-state index in [9.17, 15) is 0 Å². The lowest BCUT2D eigenvalue weighted by Crippen LogP contribution is -2.37. The number of nitriles is 1. The van der Waals surface area contributed by atoms with Crippen molar-refractivity contribution in [2.24, 2.45) is 5.92 Å². The van der Waals surface area contributed by atoms with Gasteiger partial charge in [0.05, 0.1) is 18.7 Å². The smallest absolute Gasteiger partial charge is 0.123 e. The minimum atomic E-state index is 0.681. The number of hydrogen-bond donors (Lipinski definition) is 1. The second-order valence-electron chi connectivity index (χ2n) is 5.54. The molecule has 1 N–H and O–H groups in total. The maximum Gasteiger partial charge on any atom is 0.123 e. The van der Waals surface area contributed by atoms with Crippen molar-refractivity contribution in [2.45, 2.75) is 19.4 Å². The van der Waals surface area contributed by atoms with Crippen molar-refractivity contribution in [1.82, 2.24) is 10.2 Å². The van der Waals surface area contributed by atoms with Crippen molar-refractivity contribution in [3.63, 3.8) is 0 Å². The summed E-state index contributed by atoms with van der Waals surface area (Å²) in [4.78, 5) is 2.40. The number of rotatable bonds is 5. The Morgan fingerprint density at radius 3 is 3.05 bits per heavy atom. The molecule has 0 aliphatic carbocycles. The molecule has 1 saturated heterocycles. The first-order valence-electron chi connectivity index (χ1n) is 7.19. The minimum absolute atomic E-state index is 0.681. The highest BCUT2D eigenvalue weighted by molar-refractivity contribution is 5.41. The number of ether oxygens (including phenoxy) is 1. The SMILES string of the molecule is COc1ccc(C#N)cc1CNCC1CCCN(C)C1. The van der Waals surface area contributed by atoms with Crippen LogP contribution in [0.4, 0.5) is 0 Å². The van der Waals surface area contributed by atoms with Crippen molar-refractivity contribution in [2.75, 3.05) is 33.8 Å². The number of hydrogen-bond acceptors (Lipinski definition) is 4. The van der Waals surface area contributed by atoms with Crippen molar-refractivity contribution in [3.05, 3.63) is 29.3 Å². The Kier molecular flexibility index (Phi) is 5.40. The van der Waals surface area contributed by atoms with Crippen LogP contribution < -0.4 is 10.1 Å². The molecule has 1 aromatic carbocycles. The van der Waals surface area contributed by atoms with Gasteiger partial charge >= 0.3 is 0 Å². The average molecular weight is 273 g/mol. The van der Waals surface area contributed by atoms with Gasteiger partial charge in [-0.05, 0) is 57.1 Å². The van der Waals surface area contributed by atoms with Crippen LogP contribution in [0.2, 0.25) is 0 Å². The molecule has 1 aliphatic heterocycles. The third-order valence-corrected chi connectivity index (χ3v) is 3.88. The maximum absolute atomic E-state index is 8.97. The average Bonchev–Trinajstić information content (AvgIpc) is 2.47. The van der Waals surface area contributed by atoms with Crippen LogP contribution in [0.1, 0.15) is 24.0 Å². The van der Waals surface area contributed by atoms with Gasteiger partial charge in [-0.25, -0.2) is 0 Å². The zero-order chi connectivity index (χ0) is 14.4. The molecule has 1 fully saturated rings. The molecule has 0 aromatic heterocycles. The van der Waals surface area contributed by atoms with Crippen LogP contribution in [0.15, 0.2) is 18.2 Å². The van der Waals surface area contributed by atoms with Crippen molar-refractivity contribution < 1.29 is 4.74 Å². The van der Waals surface area contributed by atoms with Crippen molar-refractivity contribution in [3.8, 4) is 11.8 Å². The van der Waals surface area contributed by atoms with Gasteiger partial charge in [0, 0.05) is 18.7 Å². The second kappa shape index (κ2) is 7.28. The Morgan fingerprint density at radius 1 is 1.50 bits per heavy atom. The molecule has 1 aliphatic rings. The Balaban J connectivity index is 1.88. The molecule has 0 spiro atoms. The summed E-state index contributed by atoms with van der Waals surface area (Å²) >= 11 is 0. The van der Waals surface area contributed by atoms with Gasteiger partial charge in [0.2, 0.25) is 0 Å². The zero-order valence-electron chi connectivity index (χ0n) is 12.4. The highest BCUT2D eigenvalue weighted by atomic mass is 16.5. The lowest BCUT2D eigenvalue weighted by molar-refractivity contribution is 0.206. The molecule has 0 radical (unpaired) electrons. The van der Waals surface area contributed by atoms with Crippen LogP contribution >= 0.6 is 0 Å². The molecule has 0 saturated carbocycles. The molecule has 1 heterocycles. The first-order chi connectivity index (χ1) is 9.72. The quantitative estimate of drug-likeness (QED) is 0.891. The van der Waals surface area contributed by atoms with E-state index in [2.05, 4.69) is 23.3 Å². The van der Waals surface area contributed by atoms with Gasteiger partial charge in [-0.15, -0.1) is 0 Å². The topological polar surface area (TPSA) is 48.3 Å². The van der Waals surface area contributed by atoms with Gasteiger partial charge in [0.15, 0.2) is 0 Å². The molecule has 1 aromatic rings. The van der Waals surface area contributed by atoms with Gasteiger partial charge in [-0.3, -0.25) is 0 Å². The highest BCUT2D eigenvalue weighted by Gasteiger charge is 2.16. The summed E-state index contributed by atoms with van der Waals surface area (Å²) in [5, 5.41) is 12.5. The monoisotopic (exact) mass is 273 g/mol. The standard InChI is InChI=1S/C16H23N3O/c1-19-7-3-4-14(12-19)10-18-11-15-8-13(9-17)5-6-16(15)20-2/h5-6,8,14,18H,3-4,7,10-12H2,1-2H3. The molecular formula is C16H23N3O. The van der Waals surface area contributed by atoms with E-state index in [0.717, 1.165) is 30.3 Å². The van der Waals surface area contributed by atoms with Crippen LogP contribution in [-0.4, -0.2) is 38.7 Å². The van der Waals surface area contributed by atoms with E-state index >= 15 is 0 Å². The summed E-state index contributed by atoms with van der Waals surface area (Å²) in [5.41, 5.74) is 1.73. The predicted molar refractivity (Wildman–Crippen MR) is 79.6 cm³/mol. The fourth-order valence-corrected chi connectivity index (χ4v) is 2.84. The first kappa shape index (κ1) is 14.8. The molecule has 1 unspecified atom stereocenters. The number of nitrogens with one attached hydrogen (secondary N) is 1. The molecule has 4 heteroatoms. The summed E-state index contributed by atoms with van der Waals surface area (Å²) in [6.45, 7) is 4.15. The largest absolute Gasteiger partial charge is 0.496 e. The number of benzene rings is 1. The Hall–Kier alpha value is -1.57. The zero-order valence-corrected chi connectivity index (χ0v) is 12.4. The Labute approximate surface area is 121 Å². The van der Waals surface area contributed by atoms with Gasteiger partial charge in [0.1, 0.15) is 5.75 Å². The molecule has 20 heavy (non-hydrogen) atoms. The van der Waals surface area contributed by atoms with E-state index in [1.807, 2.05) is 12.1 Å². The van der Waals surface area contributed by atoms with E-state index in [4.69, 9.17) is 10.00 Å². The molecule has 2 rings (SSSR count). The van der Waals surface area contributed by atoms with Crippen molar-refractivity contribution in [1.29, 1.82) is 5.26 Å². The summed E-state index contributed by atoms with van der Waals surface area (Å²) in [7, 11) is 3.85. The second-order valence-corrected chi connectivity index (χ2v) is 5.54. The predicted octanol–water partition coefficient (Wildman–Crippen LogP) is 2.00. The van der Waals surface area contributed by atoms with Crippen LogP contribution in [0.3, 0.4) is 0 Å². The molecule has 0 bridgehead atoms. The summed E-state index contributed by atoms with van der Waals surface area (Å²) in [6.07, 6.45) is 2.59. The lowest BCUT2D eigenvalue weighted by Gasteiger charge is -2.29. The molecule has 1 atom stereocenters. The van der Waals surface area contributed by atoms with Crippen LogP contribution in [0, 0.1) is 17.2 Å². The molecule has 108 valence electrons. The van der Waals surface area contributed by atoms with Gasteiger partial charge in [-0.2, -0.15) is 5.26 Å². The number of likely N-dealkylation sites (tertiary alicyclic amines) is 1. The summed E-state index contributed by atoms with van der Waals surface area (Å²) in [5.74, 6) is 1.57. The van der Waals surface area contributed by atoms with E-state index in [-0.39, 0.29) is 0 Å². The van der Waals surface area contributed by atoms with E-state index in [0.29, 0.717) is 5.56 Å². The van der Waals surface area contributed by atoms with Crippen LogP contribution in [0.25, 0.3) is 0 Å². The normalized spacial score (nSPS) is 19.6. The molecule has 4 nitrogen and oxygen atoms in total. The summed E-state index contributed by atoms with van der Waals surface area (Å²) in [6, 6.07) is 7.73. The third kappa shape index (κ3) is 3.96. The highest BCUT2D eigenvalue weighted by Crippen LogP contribution is 2.20. The molecule has 0 amide bonds. The maximum atomic E-state index is 8.97. The Morgan fingerprint density at radius 2 is 2.35 bits per heavy atom. The van der Waals surface area contributed by atoms with Gasteiger partial charge < -0.3 is 15.0 Å². The number of methoxy groups -OCH3 is 1. The number of nitrogens with zero attached hydrogens (tertiary/aromatic N) is 2. The Bertz CT molecular complexity index is 481. The first-order valence-corrected chi connectivity index (χ1v) is 7.19. The third-order valence-electron chi connectivity index (χ3n) is 3.88. The van der Waals surface area contributed by atoms with E-state index in [1.54, 1.807) is 13.2 Å². The van der Waals surface area contributed by atoms with Crippen LogP contribution in [0.5, 0.6) is 5.75 Å².